The highest BCUT2D eigenvalue weighted by Gasteiger charge is 2.39. The Morgan fingerprint density at radius 2 is 0.889 bits per heavy atom. The van der Waals surface area contributed by atoms with Crippen LogP contribution in [0.1, 0.15) is 40.0 Å². The highest BCUT2D eigenvalue weighted by molar-refractivity contribution is 5.82. The van der Waals surface area contributed by atoms with E-state index in [0.717, 1.165) is 37.5 Å². The number of rotatable bonds is 9. The molecule has 0 saturated heterocycles. The van der Waals surface area contributed by atoms with Crippen LogP contribution >= 0.6 is 0 Å². The van der Waals surface area contributed by atoms with E-state index in [1.807, 2.05) is 20.8 Å². The number of carbonyl (C=O) groups excluding carboxylic acids is 3. The van der Waals surface area contributed by atoms with E-state index in [1.165, 1.54) is 0 Å². The van der Waals surface area contributed by atoms with E-state index in [4.69, 9.17) is 14.2 Å². The summed E-state index contributed by atoms with van der Waals surface area (Å²) in [5, 5.41) is 0. The second kappa shape index (κ2) is 10.7. The number of carbonyl (C=O) groups is 3. The lowest BCUT2D eigenvalue weighted by Gasteiger charge is -2.41. The van der Waals surface area contributed by atoms with Gasteiger partial charge in [-0.1, -0.05) is 19.7 Å². The van der Waals surface area contributed by atoms with Crippen molar-refractivity contribution in [3.63, 3.8) is 0 Å². The van der Waals surface area contributed by atoms with Gasteiger partial charge in [0.2, 0.25) is 0 Å². The van der Waals surface area contributed by atoms with Crippen LogP contribution in [-0.2, 0) is 28.6 Å². The fraction of sp³-hybridized carbons (Fsp3) is 0.571. The fourth-order valence-electron chi connectivity index (χ4n) is 3.59. The molecule has 0 aromatic heterocycles. The quantitative estimate of drug-likeness (QED) is 0.348. The Bertz CT molecular complexity index is 494. The predicted octanol–water partition coefficient (Wildman–Crippen LogP) is 3.37. The maximum absolute atomic E-state index is 11.6. The molecule has 0 aromatic carbocycles. The third kappa shape index (κ3) is 7.04. The monoisotopic (exact) mass is 378 g/mol. The average molecular weight is 378 g/mol. The van der Waals surface area contributed by atoms with Gasteiger partial charge in [0.05, 0.1) is 0 Å². The highest BCUT2D eigenvalue weighted by atomic mass is 16.6. The van der Waals surface area contributed by atoms with Crippen molar-refractivity contribution in [1.82, 2.24) is 0 Å². The molecule has 0 bridgehead atoms. The summed E-state index contributed by atoms with van der Waals surface area (Å²) in [7, 11) is 0. The second-order valence-electron chi connectivity index (χ2n) is 7.03. The van der Waals surface area contributed by atoms with Crippen molar-refractivity contribution < 1.29 is 28.6 Å². The van der Waals surface area contributed by atoms with Gasteiger partial charge in [0.1, 0.15) is 18.3 Å². The largest absolute Gasteiger partial charge is 0.459 e. The smallest absolute Gasteiger partial charge is 0.330 e. The van der Waals surface area contributed by atoms with Crippen molar-refractivity contribution in [2.24, 2.45) is 17.8 Å². The van der Waals surface area contributed by atoms with Gasteiger partial charge in [0.25, 0.3) is 0 Å². The Hall–Kier alpha value is -2.37. The molecule has 3 unspecified atom stereocenters. The molecule has 6 heteroatoms. The minimum Gasteiger partial charge on any atom is -0.459 e. The summed E-state index contributed by atoms with van der Waals surface area (Å²) in [6.45, 7) is 15.8. The van der Waals surface area contributed by atoms with E-state index in [0.29, 0.717) is 0 Å². The number of ether oxygens (including phenoxy) is 3. The van der Waals surface area contributed by atoms with Crippen LogP contribution in [0, 0.1) is 17.8 Å². The first-order valence-electron chi connectivity index (χ1n) is 9.20. The average Bonchev–Trinajstić information content (AvgIpc) is 2.66. The van der Waals surface area contributed by atoms with Gasteiger partial charge in [0, 0.05) is 18.2 Å². The van der Waals surface area contributed by atoms with Gasteiger partial charge in [-0.15, -0.1) is 0 Å². The number of hydrogen-bond acceptors (Lipinski definition) is 6. The first-order chi connectivity index (χ1) is 12.7. The lowest BCUT2D eigenvalue weighted by molar-refractivity contribution is -0.152. The molecule has 6 nitrogen and oxygen atoms in total. The molecule has 1 aliphatic rings. The normalized spacial score (nSPS) is 25.2. The molecule has 27 heavy (non-hydrogen) atoms. The van der Waals surface area contributed by atoms with Gasteiger partial charge in [-0.25, -0.2) is 14.4 Å². The summed E-state index contributed by atoms with van der Waals surface area (Å²) < 4.78 is 16.2. The van der Waals surface area contributed by atoms with E-state index >= 15 is 0 Å². The SMILES string of the molecule is C=CC(=O)OC(C)C1CC(C(C)OC(=O)C=C)CC(C(C)OC(=O)C=C)C1. The molecular formula is C21H30O6. The minimum atomic E-state index is -0.474. The number of esters is 3. The Morgan fingerprint density at radius 3 is 1.07 bits per heavy atom. The Labute approximate surface area is 161 Å². The lowest BCUT2D eigenvalue weighted by Crippen LogP contribution is -2.40. The van der Waals surface area contributed by atoms with Crippen LogP contribution in [0.25, 0.3) is 0 Å². The van der Waals surface area contributed by atoms with Crippen molar-refractivity contribution >= 4 is 17.9 Å². The summed E-state index contributed by atoms with van der Waals surface area (Å²) in [6, 6.07) is 0. The van der Waals surface area contributed by atoms with Crippen LogP contribution in [0.15, 0.2) is 38.0 Å². The zero-order valence-electron chi connectivity index (χ0n) is 16.4. The van der Waals surface area contributed by atoms with Crippen molar-refractivity contribution in [3.8, 4) is 0 Å². The predicted molar refractivity (Wildman–Crippen MR) is 102 cm³/mol. The van der Waals surface area contributed by atoms with Crippen molar-refractivity contribution in [3.05, 3.63) is 38.0 Å². The van der Waals surface area contributed by atoms with Crippen LogP contribution < -0.4 is 0 Å². The Kier molecular flexibility index (Phi) is 8.98. The lowest BCUT2D eigenvalue weighted by atomic mass is 9.70. The van der Waals surface area contributed by atoms with Crippen molar-refractivity contribution in [2.45, 2.75) is 58.3 Å². The van der Waals surface area contributed by atoms with Crippen LogP contribution in [0.4, 0.5) is 0 Å². The molecule has 0 aromatic rings. The first-order valence-corrected chi connectivity index (χ1v) is 9.20. The van der Waals surface area contributed by atoms with Gasteiger partial charge in [-0.3, -0.25) is 0 Å². The molecule has 1 rings (SSSR count). The highest BCUT2D eigenvalue weighted by Crippen LogP contribution is 2.40. The van der Waals surface area contributed by atoms with Gasteiger partial charge in [0.15, 0.2) is 0 Å². The Morgan fingerprint density at radius 1 is 0.667 bits per heavy atom. The third-order valence-corrected chi connectivity index (χ3v) is 5.21. The Balaban J connectivity index is 2.93. The molecule has 1 saturated carbocycles. The molecule has 1 aliphatic carbocycles. The summed E-state index contributed by atoms with van der Waals surface area (Å²) in [5.41, 5.74) is 0. The van der Waals surface area contributed by atoms with Crippen molar-refractivity contribution in [2.75, 3.05) is 0 Å². The van der Waals surface area contributed by atoms with Crippen LogP contribution in [-0.4, -0.2) is 36.2 Å². The second-order valence-corrected chi connectivity index (χ2v) is 7.03. The fourth-order valence-corrected chi connectivity index (χ4v) is 3.59. The van der Waals surface area contributed by atoms with E-state index in [1.54, 1.807) is 0 Å². The molecule has 0 radical (unpaired) electrons. The number of hydrogen-bond donors (Lipinski definition) is 0. The molecule has 0 heterocycles. The standard InChI is InChI=1S/C21H30O6/c1-7-19(22)25-13(4)16-10-17(14(5)26-20(23)8-2)12-18(11-16)15(6)27-21(24)9-3/h7-9,13-18H,1-3,10-12H2,4-6H3. The van der Waals surface area contributed by atoms with Crippen LogP contribution in [0.3, 0.4) is 0 Å². The molecule has 0 aliphatic heterocycles. The molecule has 150 valence electrons. The molecule has 0 N–H and O–H groups in total. The minimum absolute atomic E-state index is 0.0485. The first kappa shape index (κ1) is 22.7. The molecular weight excluding hydrogens is 348 g/mol. The van der Waals surface area contributed by atoms with Gasteiger partial charge in [-0.2, -0.15) is 0 Å². The summed E-state index contributed by atoms with van der Waals surface area (Å²) in [4.78, 5) is 34.7. The molecule has 0 amide bonds. The topological polar surface area (TPSA) is 78.9 Å². The molecule has 1 fully saturated rings. The van der Waals surface area contributed by atoms with E-state index in [-0.39, 0.29) is 36.1 Å². The summed E-state index contributed by atoms with van der Waals surface area (Å²) in [5.74, 6) is -1.28. The van der Waals surface area contributed by atoms with Gasteiger partial charge in [-0.05, 0) is 57.8 Å². The van der Waals surface area contributed by atoms with E-state index in [9.17, 15) is 14.4 Å². The van der Waals surface area contributed by atoms with Gasteiger partial charge >= 0.3 is 17.9 Å². The zero-order chi connectivity index (χ0) is 20.6. The van der Waals surface area contributed by atoms with Gasteiger partial charge < -0.3 is 14.2 Å². The maximum Gasteiger partial charge on any atom is 0.330 e. The third-order valence-electron chi connectivity index (χ3n) is 5.21. The van der Waals surface area contributed by atoms with Crippen molar-refractivity contribution in [1.29, 1.82) is 0 Å². The van der Waals surface area contributed by atoms with Crippen LogP contribution in [0.2, 0.25) is 0 Å². The maximum atomic E-state index is 11.6. The molecule has 0 spiro atoms. The zero-order valence-corrected chi connectivity index (χ0v) is 16.4. The summed E-state index contributed by atoms with van der Waals surface area (Å²) >= 11 is 0. The summed E-state index contributed by atoms with van der Waals surface area (Å²) in [6.07, 6.45) is 4.62. The van der Waals surface area contributed by atoms with Crippen LogP contribution in [0.5, 0.6) is 0 Å². The van der Waals surface area contributed by atoms with E-state index in [2.05, 4.69) is 19.7 Å². The van der Waals surface area contributed by atoms with E-state index < -0.39 is 17.9 Å². The molecule has 3 atom stereocenters.